The van der Waals surface area contributed by atoms with Gasteiger partial charge in [0, 0.05) is 30.7 Å². The summed E-state index contributed by atoms with van der Waals surface area (Å²) < 4.78 is 0. The Kier molecular flexibility index (Phi) is 5.13. The molecule has 0 saturated carbocycles. The van der Waals surface area contributed by atoms with Crippen molar-refractivity contribution in [2.75, 3.05) is 19.6 Å². The summed E-state index contributed by atoms with van der Waals surface area (Å²) >= 11 is 1.68. The summed E-state index contributed by atoms with van der Waals surface area (Å²) in [7, 11) is 0. The summed E-state index contributed by atoms with van der Waals surface area (Å²) in [6.07, 6.45) is 6.71. The molecule has 0 radical (unpaired) electrons. The molecule has 1 N–H and O–H groups in total. The van der Waals surface area contributed by atoms with Crippen LogP contribution in [0.15, 0.2) is 6.20 Å². The molecule has 0 atom stereocenters. The molecule has 1 aromatic heterocycles. The molecule has 100 valence electrons. The smallest absolute Gasteiger partial charge is 0.236 e. The van der Waals surface area contributed by atoms with Crippen LogP contribution >= 0.6 is 11.3 Å². The minimum absolute atomic E-state index is 0.234. The Morgan fingerprint density at radius 1 is 1.39 bits per heavy atom. The largest absolute Gasteiger partial charge is 0.342 e. The first-order valence-electron chi connectivity index (χ1n) is 6.65. The number of nitrogens with zero attached hydrogens (tertiary/aromatic N) is 2. The lowest BCUT2D eigenvalue weighted by Gasteiger charge is -2.20. The quantitative estimate of drug-likeness (QED) is 0.907. The number of hydrogen-bond donors (Lipinski definition) is 1. The standard InChI is InChI=1S/C13H21N3OS/c1-11-15-9-12(18-11)8-14-10-13(17)16-6-4-2-3-5-7-16/h9,14H,2-8,10H2,1H3. The van der Waals surface area contributed by atoms with E-state index in [9.17, 15) is 4.79 Å². The Hall–Kier alpha value is -0.940. The van der Waals surface area contributed by atoms with Gasteiger partial charge in [-0.25, -0.2) is 4.98 Å². The maximum Gasteiger partial charge on any atom is 0.236 e. The molecule has 1 saturated heterocycles. The van der Waals surface area contributed by atoms with Crippen LogP contribution in [0.5, 0.6) is 0 Å². The number of hydrogen-bond acceptors (Lipinski definition) is 4. The van der Waals surface area contributed by atoms with Gasteiger partial charge in [0.15, 0.2) is 0 Å². The third-order valence-corrected chi connectivity index (χ3v) is 4.12. The van der Waals surface area contributed by atoms with Gasteiger partial charge < -0.3 is 10.2 Å². The van der Waals surface area contributed by atoms with Crippen molar-refractivity contribution in [3.63, 3.8) is 0 Å². The van der Waals surface area contributed by atoms with E-state index in [-0.39, 0.29) is 5.91 Å². The Bertz CT molecular complexity index is 383. The lowest BCUT2D eigenvalue weighted by atomic mass is 10.2. The minimum Gasteiger partial charge on any atom is -0.342 e. The number of carbonyl (C=O) groups is 1. The maximum atomic E-state index is 12.0. The number of rotatable bonds is 4. The first-order valence-corrected chi connectivity index (χ1v) is 7.47. The highest BCUT2D eigenvalue weighted by atomic mass is 32.1. The lowest BCUT2D eigenvalue weighted by Crippen LogP contribution is -2.38. The van der Waals surface area contributed by atoms with Gasteiger partial charge in [0.05, 0.1) is 11.6 Å². The third kappa shape index (κ3) is 4.07. The number of nitrogens with one attached hydrogen (secondary N) is 1. The average Bonchev–Trinajstić information content (AvgIpc) is 2.63. The number of carbonyl (C=O) groups excluding carboxylic acids is 1. The van der Waals surface area contributed by atoms with Crippen molar-refractivity contribution >= 4 is 17.2 Å². The second-order valence-corrected chi connectivity index (χ2v) is 6.06. The molecule has 0 bridgehead atoms. The molecule has 1 amide bonds. The van der Waals surface area contributed by atoms with Crippen molar-refractivity contribution in [3.05, 3.63) is 16.1 Å². The maximum absolute atomic E-state index is 12.0. The Morgan fingerprint density at radius 3 is 2.72 bits per heavy atom. The molecule has 1 fully saturated rings. The predicted octanol–water partition coefficient (Wildman–Crippen LogP) is 1.94. The molecule has 0 aromatic carbocycles. The van der Waals surface area contributed by atoms with Crippen LogP contribution in [-0.4, -0.2) is 35.4 Å². The second-order valence-electron chi connectivity index (χ2n) is 4.74. The van der Waals surface area contributed by atoms with Crippen LogP contribution in [0.1, 0.15) is 35.6 Å². The summed E-state index contributed by atoms with van der Waals surface area (Å²) in [5, 5.41) is 4.29. The molecular formula is C13H21N3OS. The predicted molar refractivity (Wildman–Crippen MR) is 73.6 cm³/mol. The zero-order valence-electron chi connectivity index (χ0n) is 10.9. The molecule has 1 aliphatic rings. The van der Waals surface area contributed by atoms with E-state index in [0.29, 0.717) is 6.54 Å². The van der Waals surface area contributed by atoms with E-state index < -0.39 is 0 Å². The van der Waals surface area contributed by atoms with E-state index in [1.807, 2.05) is 18.0 Å². The lowest BCUT2D eigenvalue weighted by molar-refractivity contribution is -0.130. The topological polar surface area (TPSA) is 45.2 Å². The van der Waals surface area contributed by atoms with Crippen LogP contribution in [0.3, 0.4) is 0 Å². The van der Waals surface area contributed by atoms with E-state index in [1.165, 1.54) is 17.7 Å². The molecule has 0 unspecified atom stereocenters. The van der Waals surface area contributed by atoms with Crippen LogP contribution in [0.4, 0.5) is 0 Å². The van der Waals surface area contributed by atoms with Crippen molar-refractivity contribution in [2.24, 2.45) is 0 Å². The highest BCUT2D eigenvalue weighted by Gasteiger charge is 2.14. The van der Waals surface area contributed by atoms with Crippen molar-refractivity contribution in [2.45, 2.75) is 39.2 Å². The summed E-state index contributed by atoms with van der Waals surface area (Å²) in [5.74, 6) is 0.234. The van der Waals surface area contributed by atoms with Gasteiger partial charge in [0.25, 0.3) is 0 Å². The summed E-state index contributed by atoms with van der Waals surface area (Å²) in [4.78, 5) is 19.4. The molecule has 2 rings (SSSR count). The van der Waals surface area contributed by atoms with Crippen LogP contribution in [0.2, 0.25) is 0 Å². The molecule has 1 aromatic rings. The van der Waals surface area contributed by atoms with Crippen molar-refractivity contribution in [1.29, 1.82) is 0 Å². The molecule has 2 heterocycles. The number of thiazole rings is 1. The second kappa shape index (κ2) is 6.85. The van der Waals surface area contributed by atoms with Gasteiger partial charge in [-0.2, -0.15) is 0 Å². The molecule has 5 heteroatoms. The fourth-order valence-electron chi connectivity index (χ4n) is 2.21. The Morgan fingerprint density at radius 2 is 2.11 bits per heavy atom. The molecule has 0 spiro atoms. The van der Waals surface area contributed by atoms with Crippen LogP contribution in [0.25, 0.3) is 0 Å². The first kappa shape index (κ1) is 13.5. The highest BCUT2D eigenvalue weighted by Crippen LogP contribution is 2.11. The first-order chi connectivity index (χ1) is 8.75. The number of aromatic nitrogens is 1. The molecule has 0 aliphatic carbocycles. The molecule has 1 aliphatic heterocycles. The monoisotopic (exact) mass is 267 g/mol. The average molecular weight is 267 g/mol. The van der Waals surface area contributed by atoms with E-state index in [4.69, 9.17) is 0 Å². The summed E-state index contributed by atoms with van der Waals surface area (Å²) in [5.41, 5.74) is 0. The van der Waals surface area contributed by atoms with Crippen LogP contribution in [-0.2, 0) is 11.3 Å². The molecular weight excluding hydrogens is 246 g/mol. The highest BCUT2D eigenvalue weighted by molar-refractivity contribution is 7.11. The van der Waals surface area contributed by atoms with Gasteiger partial charge >= 0.3 is 0 Å². The van der Waals surface area contributed by atoms with Crippen molar-refractivity contribution in [3.8, 4) is 0 Å². The van der Waals surface area contributed by atoms with Crippen molar-refractivity contribution < 1.29 is 4.79 Å². The van der Waals surface area contributed by atoms with Gasteiger partial charge in [-0.15, -0.1) is 11.3 Å². The van der Waals surface area contributed by atoms with Gasteiger partial charge in [0.1, 0.15) is 0 Å². The van der Waals surface area contributed by atoms with E-state index >= 15 is 0 Å². The number of amides is 1. The number of likely N-dealkylation sites (tertiary alicyclic amines) is 1. The van der Waals surface area contributed by atoms with Gasteiger partial charge in [-0.1, -0.05) is 12.8 Å². The normalized spacial score (nSPS) is 16.6. The minimum atomic E-state index is 0.234. The summed E-state index contributed by atoms with van der Waals surface area (Å²) in [6.45, 7) is 5.04. The molecule has 18 heavy (non-hydrogen) atoms. The Labute approximate surface area is 112 Å². The number of aryl methyl sites for hydroxylation is 1. The van der Waals surface area contributed by atoms with Crippen LogP contribution < -0.4 is 5.32 Å². The van der Waals surface area contributed by atoms with Crippen molar-refractivity contribution in [1.82, 2.24) is 15.2 Å². The Balaban J connectivity index is 1.70. The fourth-order valence-corrected chi connectivity index (χ4v) is 2.98. The van der Waals surface area contributed by atoms with Gasteiger partial charge in [0.2, 0.25) is 5.91 Å². The van der Waals surface area contributed by atoms with Gasteiger partial charge in [-0.05, 0) is 19.8 Å². The van der Waals surface area contributed by atoms with E-state index in [1.54, 1.807) is 11.3 Å². The van der Waals surface area contributed by atoms with Crippen LogP contribution in [0, 0.1) is 6.92 Å². The summed E-state index contributed by atoms with van der Waals surface area (Å²) in [6, 6.07) is 0. The zero-order valence-corrected chi connectivity index (χ0v) is 11.8. The fraction of sp³-hybridized carbons (Fsp3) is 0.692. The molecule has 4 nitrogen and oxygen atoms in total. The third-order valence-electron chi connectivity index (χ3n) is 3.20. The zero-order chi connectivity index (χ0) is 12.8. The van der Waals surface area contributed by atoms with E-state index in [2.05, 4.69) is 10.3 Å². The SMILES string of the molecule is Cc1ncc(CNCC(=O)N2CCCCCC2)s1. The van der Waals surface area contributed by atoms with Gasteiger partial charge in [-0.3, -0.25) is 4.79 Å². The van der Waals surface area contributed by atoms with E-state index in [0.717, 1.165) is 37.5 Å².